The second-order valence-electron chi connectivity index (χ2n) is 5.30. The Morgan fingerprint density at radius 1 is 1.10 bits per heavy atom. The summed E-state index contributed by atoms with van der Waals surface area (Å²) >= 11 is 0. The third-order valence-electron chi connectivity index (χ3n) is 3.77. The molecule has 2 atom stereocenters. The van der Waals surface area contributed by atoms with Gasteiger partial charge in [0.15, 0.2) is 0 Å². The predicted molar refractivity (Wildman–Crippen MR) is 80.3 cm³/mol. The average Bonchev–Trinajstić information content (AvgIpc) is 3.21. The lowest BCUT2D eigenvalue weighted by Gasteiger charge is -2.07. The summed E-state index contributed by atoms with van der Waals surface area (Å²) in [4.78, 5) is 12.0. The molecule has 3 N–H and O–H groups in total. The standard InChI is InChI=1S/C17H18N2O/c18-15-9-5-4-8-13(15)10-17(20)19-16-11-14(16)12-6-2-1-3-7-12/h1-9,14,16H,10-11,18H2,(H,19,20). The summed E-state index contributed by atoms with van der Waals surface area (Å²) in [5.74, 6) is 0.514. The third-order valence-corrected chi connectivity index (χ3v) is 3.77. The number of benzene rings is 2. The van der Waals surface area contributed by atoms with Crippen LogP contribution in [-0.4, -0.2) is 11.9 Å². The largest absolute Gasteiger partial charge is 0.398 e. The number of carbonyl (C=O) groups excluding carboxylic acids is 1. The van der Waals surface area contributed by atoms with Gasteiger partial charge < -0.3 is 11.1 Å². The maximum Gasteiger partial charge on any atom is 0.224 e. The second-order valence-corrected chi connectivity index (χ2v) is 5.30. The number of anilines is 1. The molecule has 3 rings (SSSR count). The highest BCUT2D eigenvalue weighted by molar-refractivity contribution is 5.81. The molecule has 0 radical (unpaired) electrons. The SMILES string of the molecule is Nc1ccccc1CC(=O)NC1CC1c1ccccc1. The van der Waals surface area contributed by atoms with E-state index < -0.39 is 0 Å². The normalized spacial score (nSPS) is 20.4. The Bertz CT molecular complexity index is 609. The van der Waals surface area contributed by atoms with E-state index in [1.54, 1.807) is 0 Å². The van der Waals surface area contributed by atoms with Crippen molar-refractivity contribution in [2.75, 3.05) is 5.73 Å². The minimum Gasteiger partial charge on any atom is -0.398 e. The lowest BCUT2D eigenvalue weighted by Crippen LogP contribution is -2.28. The van der Waals surface area contributed by atoms with Gasteiger partial charge in [-0.2, -0.15) is 0 Å². The second kappa shape index (κ2) is 5.37. The lowest BCUT2D eigenvalue weighted by molar-refractivity contribution is -0.120. The van der Waals surface area contributed by atoms with E-state index in [9.17, 15) is 4.79 Å². The van der Waals surface area contributed by atoms with Gasteiger partial charge in [-0.3, -0.25) is 4.79 Å². The first-order valence-corrected chi connectivity index (χ1v) is 6.92. The molecule has 3 nitrogen and oxygen atoms in total. The molecule has 0 saturated heterocycles. The van der Waals surface area contributed by atoms with Crippen LogP contribution in [0, 0.1) is 0 Å². The zero-order valence-corrected chi connectivity index (χ0v) is 11.3. The number of nitrogens with one attached hydrogen (secondary N) is 1. The summed E-state index contributed by atoms with van der Waals surface area (Å²) in [6, 6.07) is 18.1. The Balaban J connectivity index is 1.55. The number of hydrogen-bond acceptors (Lipinski definition) is 2. The molecule has 102 valence electrons. The summed E-state index contributed by atoms with van der Waals surface area (Å²) in [5.41, 5.74) is 8.73. The van der Waals surface area contributed by atoms with E-state index in [1.165, 1.54) is 5.56 Å². The van der Waals surface area contributed by atoms with Crippen LogP contribution in [0.2, 0.25) is 0 Å². The van der Waals surface area contributed by atoms with Crippen molar-refractivity contribution in [1.82, 2.24) is 5.32 Å². The van der Waals surface area contributed by atoms with Crippen molar-refractivity contribution in [1.29, 1.82) is 0 Å². The predicted octanol–water partition coefficient (Wildman–Crippen LogP) is 2.48. The van der Waals surface area contributed by atoms with Crippen molar-refractivity contribution in [2.45, 2.75) is 24.8 Å². The van der Waals surface area contributed by atoms with Gasteiger partial charge >= 0.3 is 0 Å². The van der Waals surface area contributed by atoms with Crippen molar-refractivity contribution < 1.29 is 4.79 Å². The molecule has 1 fully saturated rings. The molecule has 0 aromatic heterocycles. The molecule has 2 aromatic rings. The van der Waals surface area contributed by atoms with Crippen LogP contribution in [0.25, 0.3) is 0 Å². The van der Waals surface area contributed by atoms with E-state index in [0.717, 1.165) is 12.0 Å². The molecule has 2 unspecified atom stereocenters. The molecule has 0 heterocycles. The first-order chi connectivity index (χ1) is 9.74. The molecule has 20 heavy (non-hydrogen) atoms. The van der Waals surface area contributed by atoms with Crippen LogP contribution in [0.1, 0.15) is 23.5 Å². The summed E-state index contributed by atoms with van der Waals surface area (Å²) in [5, 5.41) is 3.08. The Labute approximate surface area is 118 Å². The van der Waals surface area contributed by atoms with Gasteiger partial charge in [0, 0.05) is 17.6 Å². The maximum absolute atomic E-state index is 12.0. The van der Waals surface area contributed by atoms with E-state index in [1.807, 2.05) is 42.5 Å². The summed E-state index contributed by atoms with van der Waals surface area (Å²) in [7, 11) is 0. The number of nitrogen functional groups attached to an aromatic ring is 1. The molecule has 1 saturated carbocycles. The van der Waals surface area contributed by atoms with Gasteiger partial charge in [-0.1, -0.05) is 48.5 Å². The fourth-order valence-electron chi connectivity index (χ4n) is 2.55. The zero-order valence-electron chi connectivity index (χ0n) is 11.3. The van der Waals surface area contributed by atoms with Crippen molar-refractivity contribution in [2.24, 2.45) is 0 Å². The van der Waals surface area contributed by atoms with E-state index in [0.29, 0.717) is 18.0 Å². The quantitative estimate of drug-likeness (QED) is 0.835. The van der Waals surface area contributed by atoms with Gasteiger partial charge in [0.1, 0.15) is 0 Å². The van der Waals surface area contributed by atoms with Crippen molar-refractivity contribution in [3.63, 3.8) is 0 Å². The fraction of sp³-hybridized carbons (Fsp3) is 0.235. The number of para-hydroxylation sites is 1. The molecular weight excluding hydrogens is 248 g/mol. The van der Waals surface area contributed by atoms with Gasteiger partial charge in [0.05, 0.1) is 6.42 Å². The topological polar surface area (TPSA) is 55.1 Å². The van der Waals surface area contributed by atoms with Crippen LogP contribution in [0.15, 0.2) is 54.6 Å². The van der Waals surface area contributed by atoms with Gasteiger partial charge in [-0.05, 0) is 23.6 Å². The summed E-state index contributed by atoms with van der Waals surface area (Å²) in [6.07, 6.45) is 1.38. The van der Waals surface area contributed by atoms with Crippen LogP contribution in [-0.2, 0) is 11.2 Å². The fourth-order valence-corrected chi connectivity index (χ4v) is 2.55. The maximum atomic E-state index is 12.0. The minimum atomic E-state index is 0.0475. The Morgan fingerprint density at radius 2 is 1.80 bits per heavy atom. The molecule has 2 aromatic carbocycles. The Kier molecular flexibility index (Phi) is 3.42. The van der Waals surface area contributed by atoms with Gasteiger partial charge in [0.2, 0.25) is 5.91 Å². The number of amides is 1. The third kappa shape index (κ3) is 2.82. The molecule has 0 aliphatic heterocycles. The van der Waals surface area contributed by atoms with E-state index in [-0.39, 0.29) is 11.9 Å². The lowest BCUT2D eigenvalue weighted by atomic mass is 10.1. The molecule has 1 amide bonds. The Morgan fingerprint density at radius 3 is 2.55 bits per heavy atom. The highest BCUT2D eigenvalue weighted by Gasteiger charge is 2.39. The average molecular weight is 266 g/mol. The highest BCUT2D eigenvalue weighted by Crippen LogP contribution is 2.40. The summed E-state index contributed by atoms with van der Waals surface area (Å²) < 4.78 is 0. The van der Waals surface area contributed by atoms with Crippen molar-refractivity contribution >= 4 is 11.6 Å². The molecule has 1 aliphatic rings. The van der Waals surface area contributed by atoms with Crippen LogP contribution in [0.3, 0.4) is 0 Å². The van der Waals surface area contributed by atoms with Crippen LogP contribution in [0.4, 0.5) is 5.69 Å². The van der Waals surface area contributed by atoms with Crippen LogP contribution >= 0.6 is 0 Å². The first-order valence-electron chi connectivity index (χ1n) is 6.92. The minimum absolute atomic E-state index is 0.0475. The molecular formula is C17H18N2O. The summed E-state index contributed by atoms with van der Waals surface area (Å²) in [6.45, 7) is 0. The van der Waals surface area contributed by atoms with E-state index in [4.69, 9.17) is 5.73 Å². The Hall–Kier alpha value is -2.29. The van der Waals surface area contributed by atoms with Gasteiger partial charge in [-0.15, -0.1) is 0 Å². The molecule has 1 aliphatic carbocycles. The number of nitrogens with two attached hydrogens (primary N) is 1. The van der Waals surface area contributed by atoms with Crippen molar-refractivity contribution in [3.8, 4) is 0 Å². The zero-order chi connectivity index (χ0) is 13.9. The smallest absolute Gasteiger partial charge is 0.224 e. The van der Waals surface area contributed by atoms with Gasteiger partial charge in [0.25, 0.3) is 0 Å². The molecule has 3 heteroatoms. The number of rotatable bonds is 4. The van der Waals surface area contributed by atoms with E-state index >= 15 is 0 Å². The van der Waals surface area contributed by atoms with E-state index in [2.05, 4.69) is 17.4 Å². The molecule has 0 spiro atoms. The van der Waals surface area contributed by atoms with Crippen LogP contribution in [0.5, 0.6) is 0 Å². The number of carbonyl (C=O) groups is 1. The van der Waals surface area contributed by atoms with Crippen molar-refractivity contribution in [3.05, 3.63) is 65.7 Å². The first kappa shape index (κ1) is 12.7. The monoisotopic (exact) mass is 266 g/mol. The highest BCUT2D eigenvalue weighted by atomic mass is 16.1. The number of hydrogen-bond donors (Lipinski definition) is 2. The van der Waals surface area contributed by atoms with Crippen LogP contribution < -0.4 is 11.1 Å². The van der Waals surface area contributed by atoms with Gasteiger partial charge in [-0.25, -0.2) is 0 Å². The molecule has 0 bridgehead atoms.